The van der Waals surface area contributed by atoms with E-state index in [0.29, 0.717) is 44.1 Å². The van der Waals surface area contributed by atoms with Gasteiger partial charge < -0.3 is 25.1 Å². The van der Waals surface area contributed by atoms with Gasteiger partial charge in [0.1, 0.15) is 5.82 Å². The molecule has 2 heterocycles. The highest BCUT2D eigenvalue weighted by Crippen LogP contribution is 2.25. The molecule has 0 amide bonds. The first-order valence-electron chi connectivity index (χ1n) is 12.0. The Morgan fingerprint density at radius 1 is 1.16 bits per heavy atom. The van der Waals surface area contributed by atoms with Crippen LogP contribution in [0.4, 0.5) is 10.1 Å². The van der Waals surface area contributed by atoms with Crippen molar-refractivity contribution in [3.05, 3.63) is 29.6 Å². The summed E-state index contributed by atoms with van der Waals surface area (Å²) in [4.78, 5) is 11.7. The van der Waals surface area contributed by atoms with E-state index < -0.39 is 0 Å². The lowest BCUT2D eigenvalue weighted by Gasteiger charge is -2.31. The Labute approximate surface area is 210 Å². The maximum atomic E-state index is 14.8. The van der Waals surface area contributed by atoms with Crippen molar-refractivity contribution in [3.63, 3.8) is 0 Å². The van der Waals surface area contributed by atoms with E-state index in [1.165, 1.54) is 6.42 Å². The van der Waals surface area contributed by atoms with E-state index in [1.54, 1.807) is 6.07 Å². The molecule has 0 bridgehead atoms. The fraction of sp³-hybridized carbons (Fsp3) is 0.708. The van der Waals surface area contributed by atoms with Crippen molar-refractivity contribution in [2.75, 3.05) is 57.3 Å². The highest BCUT2D eigenvalue weighted by atomic mass is 127. The lowest BCUT2D eigenvalue weighted by atomic mass is 10.1. The van der Waals surface area contributed by atoms with Crippen molar-refractivity contribution in [1.29, 1.82) is 0 Å². The zero-order chi connectivity index (χ0) is 22.2. The number of guanidine groups is 1. The van der Waals surface area contributed by atoms with Crippen LogP contribution in [0.5, 0.6) is 0 Å². The summed E-state index contributed by atoms with van der Waals surface area (Å²) in [5.74, 6) is 1.40. The van der Waals surface area contributed by atoms with E-state index in [2.05, 4.69) is 35.9 Å². The summed E-state index contributed by atoms with van der Waals surface area (Å²) in [6.45, 7) is 14.6. The number of halogens is 2. The number of aliphatic hydroxyl groups is 1. The van der Waals surface area contributed by atoms with Crippen molar-refractivity contribution in [1.82, 2.24) is 15.1 Å². The molecule has 0 radical (unpaired) electrons. The van der Waals surface area contributed by atoms with Crippen molar-refractivity contribution in [3.8, 4) is 0 Å². The van der Waals surface area contributed by atoms with Gasteiger partial charge in [-0.25, -0.2) is 9.38 Å². The molecule has 1 atom stereocenters. The summed E-state index contributed by atoms with van der Waals surface area (Å²) < 4.78 is 14.8. The molecule has 1 aromatic rings. The zero-order valence-electron chi connectivity index (χ0n) is 19.9. The number of benzene rings is 1. The van der Waals surface area contributed by atoms with Gasteiger partial charge in [0.05, 0.1) is 18.3 Å². The summed E-state index contributed by atoms with van der Waals surface area (Å²) in [5, 5.41) is 13.1. The summed E-state index contributed by atoms with van der Waals surface area (Å²) >= 11 is 0. The minimum absolute atomic E-state index is 0. The third kappa shape index (κ3) is 7.45. The molecule has 1 aromatic carbocycles. The van der Waals surface area contributed by atoms with Crippen LogP contribution in [0.3, 0.4) is 0 Å². The molecule has 2 fully saturated rings. The number of rotatable bonds is 8. The van der Waals surface area contributed by atoms with Crippen LogP contribution in [0.15, 0.2) is 23.2 Å². The monoisotopic (exact) mass is 561 g/mol. The topological polar surface area (TPSA) is 54.3 Å². The van der Waals surface area contributed by atoms with E-state index in [1.807, 2.05) is 17.0 Å². The average Bonchev–Trinajstić information content (AvgIpc) is 3.24. The Balaban J connectivity index is 0.00000363. The number of hydrogen-bond donors (Lipinski definition) is 2. The summed E-state index contributed by atoms with van der Waals surface area (Å²) in [6.07, 6.45) is 2.33. The smallest absolute Gasteiger partial charge is 0.194 e. The Kier molecular flexibility index (Phi) is 11.5. The molecule has 2 aliphatic heterocycles. The van der Waals surface area contributed by atoms with E-state index in [4.69, 9.17) is 4.99 Å². The van der Waals surface area contributed by atoms with Crippen LogP contribution in [0.2, 0.25) is 0 Å². The molecule has 32 heavy (non-hydrogen) atoms. The van der Waals surface area contributed by atoms with Gasteiger partial charge in [-0.1, -0.05) is 19.9 Å². The highest BCUT2D eigenvalue weighted by Gasteiger charge is 2.26. The van der Waals surface area contributed by atoms with Gasteiger partial charge in [0.25, 0.3) is 0 Å². The Morgan fingerprint density at radius 3 is 2.50 bits per heavy atom. The van der Waals surface area contributed by atoms with Crippen LogP contribution in [0.1, 0.15) is 45.6 Å². The summed E-state index contributed by atoms with van der Waals surface area (Å²) in [6, 6.07) is 5.45. The molecule has 182 valence electrons. The van der Waals surface area contributed by atoms with Crippen LogP contribution in [0, 0.1) is 11.7 Å². The predicted octanol–water partition coefficient (Wildman–Crippen LogP) is 3.53. The van der Waals surface area contributed by atoms with Gasteiger partial charge in [-0.05, 0) is 62.9 Å². The van der Waals surface area contributed by atoms with E-state index in [0.717, 1.165) is 50.8 Å². The quantitative estimate of drug-likeness (QED) is 0.289. The highest BCUT2D eigenvalue weighted by molar-refractivity contribution is 14.0. The maximum Gasteiger partial charge on any atom is 0.194 e. The number of likely N-dealkylation sites (tertiary alicyclic amines) is 1. The lowest BCUT2D eigenvalue weighted by molar-refractivity contribution is 0.145. The molecular weight excluding hydrogens is 520 g/mol. The van der Waals surface area contributed by atoms with Crippen molar-refractivity contribution < 1.29 is 9.50 Å². The van der Waals surface area contributed by atoms with Crippen LogP contribution in [-0.4, -0.2) is 79.3 Å². The second-order valence-electron chi connectivity index (χ2n) is 8.76. The number of aliphatic imine (C=N–C) groups is 1. The fourth-order valence-corrected chi connectivity index (χ4v) is 4.62. The second kappa shape index (κ2) is 13.5. The number of aliphatic hydroxyl groups excluding tert-OH is 1. The fourth-order valence-electron chi connectivity index (χ4n) is 4.62. The van der Waals surface area contributed by atoms with Crippen molar-refractivity contribution in [2.45, 2.75) is 52.7 Å². The first-order valence-corrected chi connectivity index (χ1v) is 12.0. The standard InChI is InChI=1S/C24H40FN5O.HI/c1-4-26-24(30-12-9-20(18-30)17-28(5-2)6-3)27-16-19-7-8-23(22(25)15-19)29-13-10-21(31)11-14-29;/h7-8,15,20-21,31H,4-6,9-14,16-18H2,1-3H3,(H,26,27);1H. The number of piperidine rings is 1. The molecule has 0 aliphatic carbocycles. The van der Waals surface area contributed by atoms with Crippen molar-refractivity contribution >= 4 is 35.6 Å². The van der Waals surface area contributed by atoms with Crippen LogP contribution in [0.25, 0.3) is 0 Å². The molecule has 2 N–H and O–H groups in total. The third-order valence-corrected chi connectivity index (χ3v) is 6.56. The molecule has 2 saturated heterocycles. The van der Waals surface area contributed by atoms with Crippen LogP contribution in [-0.2, 0) is 6.54 Å². The zero-order valence-corrected chi connectivity index (χ0v) is 22.2. The Morgan fingerprint density at radius 2 is 1.88 bits per heavy atom. The molecule has 2 aliphatic rings. The molecule has 0 spiro atoms. The molecule has 3 rings (SSSR count). The van der Waals surface area contributed by atoms with Crippen LogP contribution < -0.4 is 10.2 Å². The first-order chi connectivity index (χ1) is 15.0. The molecule has 0 aromatic heterocycles. The summed E-state index contributed by atoms with van der Waals surface area (Å²) in [7, 11) is 0. The largest absolute Gasteiger partial charge is 0.393 e. The van der Waals surface area contributed by atoms with Crippen LogP contribution >= 0.6 is 24.0 Å². The molecule has 8 heteroatoms. The molecular formula is C24H41FIN5O. The Bertz CT molecular complexity index is 722. The van der Waals surface area contributed by atoms with Gasteiger partial charge in [-0.2, -0.15) is 0 Å². The second-order valence-corrected chi connectivity index (χ2v) is 8.76. The first kappa shape index (κ1) is 27.1. The van der Waals surface area contributed by atoms with E-state index in [9.17, 15) is 9.50 Å². The minimum Gasteiger partial charge on any atom is -0.393 e. The molecule has 6 nitrogen and oxygen atoms in total. The van der Waals surface area contributed by atoms with Crippen molar-refractivity contribution in [2.24, 2.45) is 10.9 Å². The maximum absolute atomic E-state index is 14.8. The number of nitrogens with one attached hydrogen (secondary N) is 1. The Hall–Kier alpha value is -1.13. The number of anilines is 1. The van der Waals surface area contributed by atoms with Gasteiger partial charge in [0.15, 0.2) is 5.96 Å². The van der Waals surface area contributed by atoms with E-state index in [-0.39, 0.29) is 35.9 Å². The van der Waals surface area contributed by atoms with Gasteiger partial charge in [-0.15, -0.1) is 24.0 Å². The van der Waals surface area contributed by atoms with Gasteiger partial charge in [-0.3, -0.25) is 0 Å². The van der Waals surface area contributed by atoms with Gasteiger partial charge in [0, 0.05) is 39.3 Å². The number of nitrogens with zero attached hydrogens (tertiary/aromatic N) is 4. The van der Waals surface area contributed by atoms with E-state index >= 15 is 0 Å². The summed E-state index contributed by atoms with van der Waals surface area (Å²) in [5.41, 5.74) is 1.51. The normalized spacial score (nSPS) is 20.1. The van der Waals surface area contributed by atoms with Gasteiger partial charge in [0.2, 0.25) is 0 Å². The number of hydrogen-bond acceptors (Lipinski definition) is 4. The average molecular weight is 562 g/mol. The third-order valence-electron chi connectivity index (χ3n) is 6.56. The molecule has 0 saturated carbocycles. The molecule has 1 unspecified atom stereocenters. The lowest BCUT2D eigenvalue weighted by Crippen LogP contribution is -2.40. The predicted molar refractivity (Wildman–Crippen MR) is 142 cm³/mol. The SMILES string of the molecule is CCNC(=NCc1ccc(N2CCC(O)CC2)c(F)c1)N1CCC(CN(CC)CC)C1.I. The van der Waals surface area contributed by atoms with Gasteiger partial charge >= 0.3 is 0 Å². The minimum atomic E-state index is -0.255.